The minimum atomic E-state index is 0.601. The third kappa shape index (κ3) is 4.74. The number of ether oxygens (including phenoxy) is 2. The van der Waals surface area contributed by atoms with E-state index in [0.717, 1.165) is 24.2 Å². The smallest absolute Gasteiger partial charge is 0.146 e. The van der Waals surface area contributed by atoms with Crippen LogP contribution in [0.4, 0.5) is 0 Å². The Morgan fingerprint density at radius 2 is 1.71 bits per heavy atom. The lowest BCUT2D eigenvalue weighted by Crippen LogP contribution is -2.02. The van der Waals surface area contributed by atoms with Crippen LogP contribution in [0.5, 0.6) is 11.5 Å². The van der Waals surface area contributed by atoms with Crippen LogP contribution < -0.4 is 10.5 Å². The predicted octanol–water partition coefficient (Wildman–Crippen LogP) is 3.82. The Balaban J connectivity index is 2.04. The van der Waals surface area contributed by atoms with Gasteiger partial charge in [0.25, 0.3) is 0 Å². The van der Waals surface area contributed by atoms with Gasteiger partial charge in [-0.1, -0.05) is 29.8 Å². The number of hydrogen-bond donors (Lipinski definition) is 1. The Bertz CT molecular complexity index is 570. The molecule has 0 aromatic heterocycles. The fraction of sp³-hybridized carbons (Fsp3) is 0.294. The molecule has 0 aliphatic rings. The van der Waals surface area contributed by atoms with E-state index in [1.807, 2.05) is 42.5 Å². The SMILES string of the molecule is COCCc1ccc(Oc2ccc(CCN)cc2Cl)cc1. The number of methoxy groups -OCH3 is 1. The first-order chi connectivity index (χ1) is 10.2. The summed E-state index contributed by atoms with van der Waals surface area (Å²) in [5.41, 5.74) is 7.87. The van der Waals surface area contributed by atoms with Crippen LogP contribution in [-0.4, -0.2) is 20.3 Å². The zero-order chi connectivity index (χ0) is 15.1. The van der Waals surface area contributed by atoms with Crippen molar-refractivity contribution in [3.63, 3.8) is 0 Å². The highest BCUT2D eigenvalue weighted by molar-refractivity contribution is 6.32. The molecule has 0 saturated carbocycles. The molecular formula is C17H20ClNO2. The molecule has 4 heteroatoms. The Hall–Kier alpha value is -1.55. The monoisotopic (exact) mass is 305 g/mol. The second-order valence-electron chi connectivity index (χ2n) is 4.79. The van der Waals surface area contributed by atoms with Crippen molar-refractivity contribution >= 4 is 11.6 Å². The van der Waals surface area contributed by atoms with Crippen LogP contribution in [-0.2, 0) is 17.6 Å². The van der Waals surface area contributed by atoms with Crippen molar-refractivity contribution < 1.29 is 9.47 Å². The molecule has 21 heavy (non-hydrogen) atoms. The van der Waals surface area contributed by atoms with Crippen molar-refractivity contribution in [3.8, 4) is 11.5 Å². The van der Waals surface area contributed by atoms with Crippen LogP contribution in [0.15, 0.2) is 42.5 Å². The van der Waals surface area contributed by atoms with Crippen LogP contribution in [0.25, 0.3) is 0 Å². The van der Waals surface area contributed by atoms with Crippen molar-refractivity contribution in [2.75, 3.05) is 20.3 Å². The second kappa shape index (κ2) is 8.03. The van der Waals surface area contributed by atoms with Gasteiger partial charge in [-0.2, -0.15) is 0 Å². The van der Waals surface area contributed by atoms with E-state index >= 15 is 0 Å². The van der Waals surface area contributed by atoms with E-state index in [0.29, 0.717) is 23.9 Å². The molecular weight excluding hydrogens is 286 g/mol. The summed E-state index contributed by atoms with van der Waals surface area (Å²) in [7, 11) is 1.70. The van der Waals surface area contributed by atoms with Crippen LogP contribution in [0.2, 0.25) is 5.02 Å². The van der Waals surface area contributed by atoms with Gasteiger partial charge >= 0.3 is 0 Å². The van der Waals surface area contributed by atoms with Gasteiger partial charge in [-0.15, -0.1) is 0 Å². The summed E-state index contributed by atoms with van der Waals surface area (Å²) in [6.45, 7) is 1.33. The van der Waals surface area contributed by atoms with Gasteiger partial charge < -0.3 is 15.2 Å². The third-order valence-electron chi connectivity index (χ3n) is 3.18. The number of hydrogen-bond acceptors (Lipinski definition) is 3. The van der Waals surface area contributed by atoms with Crippen molar-refractivity contribution in [2.45, 2.75) is 12.8 Å². The molecule has 0 unspecified atom stereocenters. The number of rotatable bonds is 7. The second-order valence-corrected chi connectivity index (χ2v) is 5.20. The summed E-state index contributed by atoms with van der Waals surface area (Å²) in [4.78, 5) is 0. The minimum Gasteiger partial charge on any atom is -0.456 e. The summed E-state index contributed by atoms with van der Waals surface area (Å²) in [6, 6.07) is 13.7. The summed E-state index contributed by atoms with van der Waals surface area (Å²) in [5, 5.41) is 0.601. The molecule has 0 saturated heterocycles. The predicted molar refractivity (Wildman–Crippen MR) is 86.3 cm³/mol. The molecule has 2 aromatic carbocycles. The molecule has 0 spiro atoms. The summed E-state index contributed by atoms with van der Waals surface area (Å²) in [5.74, 6) is 1.42. The van der Waals surface area contributed by atoms with Crippen LogP contribution in [0.3, 0.4) is 0 Å². The van der Waals surface area contributed by atoms with Crippen LogP contribution >= 0.6 is 11.6 Å². The van der Waals surface area contributed by atoms with Gasteiger partial charge in [-0.25, -0.2) is 0 Å². The van der Waals surface area contributed by atoms with Gasteiger partial charge in [0.1, 0.15) is 11.5 Å². The molecule has 0 bridgehead atoms. The highest BCUT2D eigenvalue weighted by atomic mass is 35.5. The molecule has 2 N–H and O–H groups in total. The molecule has 0 fully saturated rings. The van der Waals surface area contributed by atoms with Gasteiger partial charge in [0.2, 0.25) is 0 Å². The van der Waals surface area contributed by atoms with Gasteiger partial charge in [-0.05, 0) is 54.8 Å². The molecule has 2 aromatic rings. The molecule has 3 nitrogen and oxygen atoms in total. The Morgan fingerprint density at radius 3 is 2.33 bits per heavy atom. The van der Waals surface area contributed by atoms with Crippen LogP contribution in [0, 0.1) is 0 Å². The van der Waals surface area contributed by atoms with E-state index in [1.54, 1.807) is 7.11 Å². The van der Waals surface area contributed by atoms with Gasteiger partial charge in [0.15, 0.2) is 0 Å². The lowest BCUT2D eigenvalue weighted by atomic mass is 10.1. The number of benzene rings is 2. The number of nitrogens with two attached hydrogens (primary N) is 1. The first-order valence-electron chi connectivity index (χ1n) is 6.97. The average molecular weight is 306 g/mol. The van der Waals surface area contributed by atoms with Crippen molar-refractivity contribution in [3.05, 3.63) is 58.6 Å². The summed E-state index contributed by atoms with van der Waals surface area (Å²) >= 11 is 6.23. The fourth-order valence-electron chi connectivity index (χ4n) is 2.02. The molecule has 0 atom stereocenters. The van der Waals surface area contributed by atoms with Gasteiger partial charge in [0, 0.05) is 7.11 Å². The van der Waals surface area contributed by atoms with Crippen molar-refractivity contribution in [2.24, 2.45) is 5.73 Å². The van der Waals surface area contributed by atoms with E-state index < -0.39 is 0 Å². The van der Waals surface area contributed by atoms with E-state index in [1.165, 1.54) is 5.56 Å². The highest BCUT2D eigenvalue weighted by Gasteiger charge is 2.05. The van der Waals surface area contributed by atoms with E-state index in [-0.39, 0.29) is 0 Å². The maximum absolute atomic E-state index is 6.23. The highest BCUT2D eigenvalue weighted by Crippen LogP contribution is 2.30. The van der Waals surface area contributed by atoms with E-state index in [4.69, 9.17) is 26.8 Å². The molecule has 0 aliphatic carbocycles. The standard InChI is InChI=1S/C17H20ClNO2/c1-20-11-9-13-2-5-15(6-3-13)21-17-7-4-14(8-10-19)12-16(17)18/h2-7,12H,8-11,19H2,1H3. The molecule has 112 valence electrons. The minimum absolute atomic E-state index is 0.601. The Kier molecular flexibility index (Phi) is 6.05. The largest absolute Gasteiger partial charge is 0.456 e. The lowest BCUT2D eigenvalue weighted by Gasteiger charge is -2.10. The van der Waals surface area contributed by atoms with Crippen LogP contribution in [0.1, 0.15) is 11.1 Å². The Labute approximate surface area is 130 Å². The molecule has 0 heterocycles. The molecule has 0 amide bonds. The number of halogens is 1. The zero-order valence-corrected chi connectivity index (χ0v) is 12.9. The van der Waals surface area contributed by atoms with Crippen molar-refractivity contribution in [1.82, 2.24) is 0 Å². The molecule has 0 radical (unpaired) electrons. The zero-order valence-electron chi connectivity index (χ0n) is 12.1. The average Bonchev–Trinajstić information content (AvgIpc) is 2.49. The summed E-state index contributed by atoms with van der Waals surface area (Å²) < 4.78 is 10.9. The quantitative estimate of drug-likeness (QED) is 0.845. The van der Waals surface area contributed by atoms with Gasteiger partial charge in [-0.3, -0.25) is 0 Å². The molecule has 0 aliphatic heterocycles. The fourth-order valence-corrected chi connectivity index (χ4v) is 2.26. The maximum atomic E-state index is 6.23. The first-order valence-corrected chi connectivity index (χ1v) is 7.35. The van der Waals surface area contributed by atoms with Gasteiger partial charge in [0.05, 0.1) is 11.6 Å². The third-order valence-corrected chi connectivity index (χ3v) is 3.47. The van der Waals surface area contributed by atoms with Crippen molar-refractivity contribution in [1.29, 1.82) is 0 Å². The Morgan fingerprint density at radius 1 is 1.00 bits per heavy atom. The first kappa shape index (κ1) is 15.8. The normalized spacial score (nSPS) is 10.6. The molecule has 2 rings (SSSR count). The van der Waals surface area contributed by atoms with E-state index in [9.17, 15) is 0 Å². The summed E-state index contributed by atoms with van der Waals surface area (Å²) in [6.07, 6.45) is 1.71. The topological polar surface area (TPSA) is 44.5 Å². The maximum Gasteiger partial charge on any atom is 0.146 e. The lowest BCUT2D eigenvalue weighted by molar-refractivity contribution is 0.202. The van der Waals surface area contributed by atoms with E-state index in [2.05, 4.69) is 0 Å².